The van der Waals surface area contributed by atoms with Crippen LogP contribution in [0.2, 0.25) is 0 Å². The predicted octanol–water partition coefficient (Wildman–Crippen LogP) is 2.96. The molecule has 0 radical (unpaired) electrons. The standard InChI is InChI=1S/C12H6F2N6S2/c1-5-9(22-19-15-5)11-18-20-10(16-17-12(20)21-11)7-4-6(13)2-3-8(7)14/h2-4H,1H3. The molecule has 3 aromatic heterocycles. The minimum absolute atomic E-state index is 0.0171. The van der Waals surface area contributed by atoms with Gasteiger partial charge in [-0.3, -0.25) is 0 Å². The SMILES string of the molecule is Cc1nnsc1-c1nn2c(-c3cc(F)ccc3F)nnc2s1. The summed E-state index contributed by atoms with van der Waals surface area (Å²) < 4.78 is 32.5. The van der Waals surface area contributed by atoms with Crippen molar-refractivity contribution in [2.75, 3.05) is 0 Å². The van der Waals surface area contributed by atoms with Crippen molar-refractivity contribution in [2.45, 2.75) is 6.92 Å². The number of rotatable bonds is 2. The average molecular weight is 336 g/mol. The van der Waals surface area contributed by atoms with E-state index in [1.54, 1.807) is 0 Å². The van der Waals surface area contributed by atoms with Crippen LogP contribution in [0.25, 0.3) is 26.2 Å². The Morgan fingerprint density at radius 1 is 1.14 bits per heavy atom. The summed E-state index contributed by atoms with van der Waals surface area (Å²) in [5.41, 5.74) is 0.775. The van der Waals surface area contributed by atoms with Crippen LogP contribution in [0.15, 0.2) is 18.2 Å². The fourth-order valence-corrected chi connectivity index (χ4v) is 3.58. The fraction of sp³-hybridized carbons (Fsp3) is 0.0833. The Morgan fingerprint density at radius 3 is 2.77 bits per heavy atom. The molecule has 0 saturated carbocycles. The summed E-state index contributed by atoms with van der Waals surface area (Å²) in [5.74, 6) is -0.975. The van der Waals surface area contributed by atoms with Gasteiger partial charge in [-0.15, -0.1) is 15.3 Å². The van der Waals surface area contributed by atoms with Crippen molar-refractivity contribution in [1.82, 2.24) is 29.4 Å². The van der Waals surface area contributed by atoms with Crippen LogP contribution in [-0.2, 0) is 0 Å². The van der Waals surface area contributed by atoms with Gasteiger partial charge in [0.15, 0.2) is 10.8 Å². The number of nitrogens with zero attached hydrogens (tertiary/aromatic N) is 6. The van der Waals surface area contributed by atoms with Gasteiger partial charge >= 0.3 is 0 Å². The van der Waals surface area contributed by atoms with Crippen LogP contribution in [0.3, 0.4) is 0 Å². The van der Waals surface area contributed by atoms with Crippen LogP contribution < -0.4 is 0 Å². The van der Waals surface area contributed by atoms with Crippen LogP contribution >= 0.6 is 22.9 Å². The highest BCUT2D eigenvalue weighted by Gasteiger charge is 2.19. The van der Waals surface area contributed by atoms with Crippen LogP contribution in [0.5, 0.6) is 0 Å². The van der Waals surface area contributed by atoms with Crippen molar-refractivity contribution >= 4 is 27.8 Å². The van der Waals surface area contributed by atoms with E-state index in [1.807, 2.05) is 6.92 Å². The maximum Gasteiger partial charge on any atom is 0.235 e. The van der Waals surface area contributed by atoms with E-state index >= 15 is 0 Å². The van der Waals surface area contributed by atoms with Crippen LogP contribution in [0.4, 0.5) is 8.78 Å². The van der Waals surface area contributed by atoms with Crippen molar-refractivity contribution < 1.29 is 8.78 Å². The maximum absolute atomic E-state index is 13.9. The van der Waals surface area contributed by atoms with E-state index < -0.39 is 11.6 Å². The van der Waals surface area contributed by atoms with Gasteiger partial charge in [-0.05, 0) is 36.7 Å². The molecule has 0 saturated heterocycles. The number of hydrogen-bond donors (Lipinski definition) is 0. The number of hydrogen-bond acceptors (Lipinski definition) is 7. The van der Waals surface area contributed by atoms with Crippen LogP contribution in [0.1, 0.15) is 5.69 Å². The lowest BCUT2D eigenvalue weighted by Gasteiger charge is -1.99. The molecule has 0 N–H and O–H groups in total. The lowest BCUT2D eigenvalue weighted by Crippen LogP contribution is -1.94. The first-order valence-corrected chi connectivity index (χ1v) is 7.69. The smallest absolute Gasteiger partial charge is 0.207 e. The monoisotopic (exact) mass is 336 g/mol. The molecule has 10 heteroatoms. The van der Waals surface area contributed by atoms with E-state index in [0.717, 1.165) is 28.8 Å². The minimum atomic E-state index is -0.583. The van der Waals surface area contributed by atoms with Gasteiger partial charge in [-0.1, -0.05) is 15.8 Å². The summed E-state index contributed by atoms with van der Waals surface area (Å²) in [6, 6.07) is 3.18. The first-order chi connectivity index (χ1) is 10.6. The second-order valence-corrected chi connectivity index (χ2v) is 6.15. The summed E-state index contributed by atoms with van der Waals surface area (Å²) in [4.78, 5) is 1.31. The zero-order valence-electron chi connectivity index (χ0n) is 11.0. The molecule has 6 nitrogen and oxygen atoms in total. The second-order valence-electron chi connectivity index (χ2n) is 4.44. The molecule has 0 unspecified atom stereocenters. The summed E-state index contributed by atoms with van der Waals surface area (Å²) in [7, 11) is 0. The Labute approximate surface area is 130 Å². The molecule has 0 aliphatic heterocycles. The summed E-state index contributed by atoms with van der Waals surface area (Å²) in [5, 5.41) is 16.8. The molecular weight excluding hydrogens is 330 g/mol. The molecule has 0 atom stereocenters. The zero-order valence-corrected chi connectivity index (χ0v) is 12.6. The number of aryl methyl sites for hydroxylation is 1. The van der Waals surface area contributed by atoms with Gasteiger partial charge in [-0.25, -0.2) is 8.78 Å². The van der Waals surface area contributed by atoms with Crippen LogP contribution in [0, 0.1) is 18.6 Å². The van der Waals surface area contributed by atoms with E-state index in [-0.39, 0.29) is 11.4 Å². The van der Waals surface area contributed by atoms with Gasteiger partial charge in [0.25, 0.3) is 0 Å². The Bertz CT molecular complexity index is 989. The maximum atomic E-state index is 13.9. The Balaban J connectivity index is 1.91. The number of aromatic nitrogens is 6. The lowest BCUT2D eigenvalue weighted by molar-refractivity contribution is 0.601. The quantitative estimate of drug-likeness (QED) is 0.563. The molecule has 0 fully saturated rings. The fourth-order valence-electron chi connectivity index (χ4n) is 1.97. The minimum Gasteiger partial charge on any atom is -0.207 e. The van der Waals surface area contributed by atoms with Gasteiger partial charge in [0.05, 0.1) is 11.3 Å². The van der Waals surface area contributed by atoms with Gasteiger partial charge in [0, 0.05) is 0 Å². The van der Waals surface area contributed by atoms with Crippen LogP contribution in [-0.4, -0.2) is 29.4 Å². The molecule has 110 valence electrons. The largest absolute Gasteiger partial charge is 0.235 e. The van der Waals surface area contributed by atoms with Crippen molar-refractivity contribution in [2.24, 2.45) is 0 Å². The molecule has 4 aromatic rings. The van der Waals surface area contributed by atoms with Crippen molar-refractivity contribution in [3.05, 3.63) is 35.5 Å². The van der Waals surface area contributed by atoms with Crippen molar-refractivity contribution in [1.29, 1.82) is 0 Å². The third-order valence-electron chi connectivity index (χ3n) is 3.01. The summed E-state index contributed by atoms with van der Waals surface area (Å²) >= 11 is 2.51. The number of fused-ring (bicyclic) bond motifs is 1. The summed E-state index contributed by atoms with van der Waals surface area (Å²) in [6.07, 6.45) is 0. The number of halogens is 2. The molecule has 0 spiro atoms. The Morgan fingerprint density at radius 2 is 2.00 bits per heavy atom. The first-order valence-electron chi connectivity index (χ1n) is 6.10. The second kappa shape index (κ2) is 4.85. The molecule has 0 aliphatic rings. The van der Waals surface area contributed by atoms with Crippen molar-refractivity contribution in [3.8, 4) is 21.3 Å². The van der Waals surface area contributed by atoms with E-state index in [1.165, 1.54) is 27.4 Å². The highest BCUT2D eigenvalue weighted by Crippen LogP contribution is 2.32. The van der Waals surface area contributed by atoms with E-state index in [0.29, 0.717) is 9.97 Å². The topological polar surface area (TPSA) is 68.9 Å². The van der Waals surface area contributed by atoms with Gasteiger partial charge in [0.2, 0.25) is 4.96 Å². The van der Waals surface area contributed by atoms with E-state index in [2.05, 4.69) is 24.9 Å². The predicted molar refractivity (Wildman–Crippen MR) is 77.7 cm³/mol. The summed E-state index contributed by atoms with van der Waals surface area (Å²) in [6.45, 7) is 1.83. The third kappa shape index (κ3) is 1.99. The molecule has 22 heavy (non-hydrogen) atoms. The van der Waals surface area contributed by atoms with Gasteiger partial charge < -0.3 is 0 Å². The lowest BCUT2D eigenvalue weighted by atomic mass is 10.2. The van der Waals surface area contributed by atoms with Gasteiger partial charge in [-0.2, -0.15) is 9.61 Å². The highest BCUT2D eigenvalue weighted by atomic mass is 32.1. The Hall–Kier alpha value is -2.33. The first kappa shape index (κ1) is 13.3. The third-order valence-corrected chi connectivity index (χ3v) is 4.89. The molecule has 1 aromatic carbocycles. The highest BCUT2D eigenvalue weighted by molar-refractivity contribution is 7.23. The normalized spacial score (nSPS) is 11.4. The molecule has 0 aliphatic carbocycles. The number of benzene rings is 1. The Kier molecular flexibility index (Phi) is 2.94. The molecule has 0 amide bonds. The average Bonchev–Trinajstić information content (AvgIpc) is 3.16. The van der Waals surface area contributed by atoms with Gasteiger partial charge in [0.1, 0.15) is 16.5 Å². The van der Waals surface area contributed by atoms with Crippen molar-refractivity contribution in [3.63, 3.8) is 0 Å². The molecule has 3 heterocycles. The zero-order chi connectivity index (χ0) is 15.3. The molecule has 4 rings (SSSR count). The van der Waals surface area contributed by atoms with E-state index in [4.69, 9.17) is 0 Å². The molecular formula is C12H6F2N6S2. The molecule has 0 bridgehead atoms. The van der Waals surface area contributed by atoms with E-state index in [9.17, 15) is 8.78 Å².